The number of aryl methyl sites for hydroxylation is 2. The predicted octanol–water partition coefficient (Wildman–Crippen LogP) is 3.93. The van der Waals surface area contributed by atoms with Crippen molar-refractivity contribution in [2.75, 3.05) is 37.7 Å². The molecule has 3 aliphatic rings. The summed E-state index contributed by atoms with van der Waals surface area (Å²) >= 11 is 0. The van der Waals surface area contributed by atoms with Gasteiger partial charge in [-0.05, 0) is 56.4 Å². The lowest BCUT2D eigenvalue weighted by atomic mass is 9.92. The van der Waals surface area contributed by atoms with Crippen LogP contribution in [0.25, 0.3) is 11.1 Å². The second-order valence-electron chi connectivity index (χ2n) is 10.1. The highest BCUT2D eigenvalue weighted by molar-refractivity contribution is 6.09. The molecule has 0 saturated carbocycles. The first-order chi connectivity index (χ1) is 17.9. The Morgan fingerprint density at radius 3 is 2.73 bits per heavy atom. The molecule has 1 amide bonds. The minimum atomic E-state index is 0.0255. The normalized spacial score (nSPS) is 18.3. The van der Waals surface area contributed by atoms with E-state index in [1.807, 2.05) is 41.1 Å². The van der Waals surface area contributed by atoms with Crippen LogP contribution in [0, 0.1) is 23.7 Å². The van der Waals surface area contributed by atoms with Gasteiger partial charge in [-0.1, -0.05) is 6.07 Å². The molecule has 5 rings (SSSR count). The summed E-state index contributed by atoms with van der Waals surface area (Å²) in [6, 6.07) is 10.7. The first-order valence-corrected chi connectivity index (χ1v) is 13.1. The van der Waals surface area contributed by atoms with E-state index in [-0.39, 0.29) is 5.91 Å². The van der Waals surface area contributed by atoms with E-state index in [1.165, 1.54) is 0 Å². The van der Waals surface area contributed by atoms with Gasteiger partial charge in [-0.3, -0.25) is 15.2 Å². The number of fused-ring (bicyclic) bond motifs is 1. The highest BCUT2D eigenvalue weighted by atomic mass is 16.5. The average molecular weight is 499 g/mol. The second kappa shape index (κ2) is 10.7. The largest absolute Gasteiger partial charge is 0.385 e. The van der Waals surface area contributed by atoms with E-state index in [9.17, 15) is 15.5 Å². The Bertz CT molecular complexity index is 1270. The molecule has 2 aromatic rings. The third-order valence-corrected chi connectivity index (χ3v) is 7.63. The van der Waals surface area contributed by atoms with Gasteiger partial charge in [0.15, 0.2) is 0 Å². The van der Waals surface area contributed by atoms with Gasteiger partial charge in [0, 0.05) is 85.7 Å². The van der Waals surface area contributed by atoms with Crippen molar-refractivity contribution in [3.63, 3.8) is 0 Å². The van der Waals surface area contributed by atoms with Gasteiger partial charge in [-0.15, -0.1) is 0 Å². The number of rotatable bonds is 4. The van der Waals surface area contributed by atoms with E-state index in [2.05, 4.69) is 22.4 Å². The number of carbonyl (C=O) groups excluding carboxylic acids is 1. The Kier molecular flexibility index (Phi) is 7.24. The van der Waals surface area contributed by atoms with Gasteiger partial charge in [-0.2, -0.15) is 5.26 Å². The van der Waals surface area contributed by atoms with Crippen molar-refractivity contribution in [2.24, 2.45) is 0 Å². The molecular formula is C29H34N6O2. The van der Waals surface area contributed by atoms with E-state index in [1.54, 1.807) is 6.92 Å². The van der Waals surface area contributed by atoms with Crippen LogP contribution in [0.1, 0.15) is 49.4 Å². The van der Waals surface area contributed by atoms with Crippen molar-refractivity contribution in [3.8, 4) is 17.2 Å². The minimum absolute atomic E-state index is 0.0255. The lowest BCUT2D eigenvalue weighted by Gasteiger charge is -2.38. The van der Waals surface area contributed by atoms with Crippen LogP contribution in [0.4, 0.5) is 5.69 Å². The van der Waals surface area contributed by atoms with Crippen LogP contribution >= 0.6 is 0 Å². The van der Waals surface area contributed by atoms with E-state index >= 15 is 0 Å². The summed E-state index contributed by atoms with van der Waals surface area (Å²) in [4.78, 5) is 20.5. The molecule has 8 nitrogen and oxygen atoms in total. The molecule has 1 aromatic carbocycles. The average Bonchev–Trinajstić information content (AvgIpc) is 2.92. The topological polar surface area (TPSA) is 105 Å². The van der Waals surface area contributed by atoms with Crippen LogP contribution in [0.3, 0.4) is 0 Å². The Hall–Kier alpha value is -3.70. The van der Waals surface area contributed by atoms with E-state index in [0.29, 0.717) is 43.5 Å². The molecule has 1 saturated heterocycles. The molecule has 0 aliphatic carbocycles. The number of amidine groups is 1. The zero-order valence-corrected chi connectivity index (χ0v) is 21.6. The maximum Gasteiger partial charge on any atom is 0.219 e. The van der Waals surface area contributed by atoms with Crippen molar-refractivity contribution < 1.29 is 9.53 Å². The fourth-order valence-corrected chi connectivity index (χ4v) is 5.48. The van der Waals surface area contributed by atoms with Crippen LogP contribution < -0.4 is 10.2 Å². The van der Waals surface area contributed by atoms with Crippen LogP contribution in [0.5, 0.6) is 0 Å². The number of aromatic nitrogens is 1. The molecule has 0 bridgehead atoms. The number of nitrogens with one attached hydrogen (secondary N) is 2. The highest BCUT2D eigenvalue weighted by Crippen LogP contribution is 2.36. The molecule has 8 heteroatoms. The summed E-state index contributed by atoms with van der Waals surface area (Å²) in [5.74, 6) is 0.438. The third-order valence-electron chi connectivity index (χ3n) is 7.63. The standard InChI is InChI=1S/C29H34N6O2/c1-19-5-6-22(17-32-19)25-14-21-4-3-10-35(28(21)15-23(25)16-30)29(31)26-18-34(20(2)36)11-7-27(26)33-24-8-12-37-13-9-24/h5-6,14-15,17,24,31,33H,3-4,7-13,18H2,1-2H3. The van der Waals surface area contributed by atoms with Gasteiger partial charge in [0.05, 0.1) is 18.2 Å². The monoisotopic (exact) mass is 498 g/mol. The van der Waals surface area contributed by atoms with Crippen molar-refractivity contribution >= 4 is 17.4 Å². The van der Waals surface area contributed by atoms with E-state index in [0.717, 1.165) is 78.2 Å². The highest BCUT2D eigenvalue weighted by Gasteiger charge is 2.30. The number of amides is 1. The molecule has 192 valence electrons. The summed E-state index contributed by atoms with van der Waals surface area (Å²) < 4.78 is 5.53. The van der Waals surface area contributed by atoms with Crippen LogP contribution in [0.15, 0.2) is 41.7 Å². The van der Waals surface area contributed by atoms with Crippen LogP contribution in [-0.2, 0) is 16.0 Å². The molecule has 0 atom stereocenters. The summed E-state index contributed by atoms with van der Waals surface area (Å²) in [7, 11) is 0. The second-order valence-corrected chi connectivity index (χ2v) is 10.1. The zero-order valence-electron chi connectivity index (χ0n) is 21.6. The number of nitriles is 1. The van der Waals surface area contributed by atoms with Crippen molar-refractivity contribution in [2.45, 2.75) is 52.0 Å². The molecule has 0 radical (unpaired) electrons. The SMILES string of the molecule is CC(=O)N1CCC(NC2CCOCC2)=C(C(=N)N2CCCc3cc(-c4ccc(C)nc4)c(C#N)cc32)C1. The number of benzene rings is 1. The Labute approximate surface area is 218 Å². The molecular weight excluding hydrogens is 464 g/mol. The summed E-state index contributed by atoms with van der Waals surface area (Å²) in [5.41, 5.74) is 7.28. The number of hydrogen-bond donors (Lipinski definition) is 2. The lowest BCUT2D eigenvalue weighted by Crippen LogP contribution is -2.46. The number of carbonyl (C=O) groups is 1. The molecule has 37 heavy (non-hydrogen) atoms. The quantitative estimate of drug-likeness (QED) is 0.489. The van der Waals surface area contributed by atoms with E-state index in [4.69, 9.17) is 4.74 Å². The molecule has 1 fully saturated rings. The molecule has 1 aromatic heterocycles. The number of anilines is 1. The summed E-state index contributed by atoms with van der Waals surface area (Å²) in [5, 5.41) is 23.0. The van der Waals surface area contributed by atoms with Gasteiger partial charge in [0.25, 0.3) is 0 Å². The summed E-state index contributed by atoms with van der Waals surface area (Å²) in [6.07, 6.45) is 6.21. The number of ether oxygens (including phenoxy) is 1. The Balaban J connectivity index is 1.50. The first kappa shape index (κ1) is 25.0. The minimum Gasteiger partial charge on any atom is -0.385 e. The first-order valence-electron chi connectivity index (χ1n) is 13.1. The fraction of sp³-hybridized carbons (Fsp3) is 0.448. The molecule has 3 aliphatic heterocycles. The third kappa shape index (κ3) is 5.23. The van der Waals surface area contributed by atoms with Gasteiger partial charge in [0.2, 0.25) is 5.91 Å². The molecule has 2 N–H and O–H groups in total. The zero-order chi connectivity index (χ0) is 25.9. The lowest BCUT2D eigenvalue weighted by molar-refractivity contribution is -0.128. The van der Waals surface area contributed by atoms with Gasteiger partial charge in [0.1, 0.15) is 5.84 Å². The smallest absolute Gasteiger partial charge is 0.219 e. The maximum absolute atomic E-state index is 12.3. The van der Waals surface area contributed by atoms with Gasteiger partial charge < -0.3 is 19.9 Å². The predicted molar refractivity (Wildman–Crippen MR) is 143 cm³/mol. The van der Waals surface area contributed by atoms with Crippen LogP contribution in [-0.4, -0.2) is 60.5 Å². The van der Waals surface area contributed by atoms with E-state index < -0.39 is 0 Å². The van der Waals surface area contributed by atoms with Gasteiger partial charge in [-0.25, -0.2) is 0 Å². The molecule has 4 heterocycles. The Morgan fingerprint density at radius 1 is 1.22 bits per heavy atom. The fourth-order valence-electron chi connectivity index (χ4n) is 5.48. The summed E-state index contributed by atoms with van der Waals surface area (Å²) in [6.45, 7) is 6.80. The maximum atomic E-state index is 12.3. The molecule has 0 unspecified atom stereocenters. The van der Waals surface area contributed by atoms with Crippen molar-refractivity contribution in [1.82, 2.24) is 15.2 Å². The van der Waals surface area contributed by atoms with Crippen LogP contribution in [0.2, 0.25) is 0 Å². The van der Waals surface area contributed by atoms with Crippen molar-refractivity contribution in [1.29, 1.82) is 10.7 Å². The molecule has 0 spiro atoms. The number of hydrogen-bond acceptors (Lipinski definition) is 6. The number of nitrogens with zero attached hydrogens (tertiary/aromatic N) is 4. The van der Waals surface area contributed by atoms with Gasteiger partial charge >= 0.3 is 0 Å². The van der Waals surface area contributed by atoms with Crippen molar-refractivity contribution in [3.05, 3.63) is 58.6 Å². The Morgan fingerprint density at radius 2 is 2.03 bits per heavy atom. The number of pyridine rings is 1.